The zero-order chi connectivity index (χ0) is 20.2. The van der Waals surface area contributed by atoms with Crippen LogP contribution in [0.4, 0.5) is 4.79 Å². The number of urea groups is 1. The Kier molecular flexibility index (Phi) is 7.07. The number of nitrogens with two attached hydrogens (primary N) is 1. The van der Waals surface area contributed by atoms with Gasteiger partial charge >= 0.3 is 6.03 Å². The number of hydrogen-bond donors (Lipinski definition) is 2. The first-order valence-electron chi connectivity index (χ1n) is 8.72. The molecule has 1 aromatic rings. The molecule has 2 rings (SSSR count). The van der Waals surface area contributed by atoms with E-state index in [1.807, 2.05) is 13.8 Å². The number of nitrogens with one attached hydrogen (secondary N) is 1. The van der Waals surface area contributed by atoms with Gasteiger partial charge in [0.15, 0.2) is 0 Å². The lowest BCUT2D eigenvalue weighted by molar-refractivity contribution is -0.134. The van der Waals surface area contributed by atoms with Crippen molar-refractivity contribution in [1.82, 2.24) is 14.5 Å². The Morgan fingerprint density at radius 3 is 2.30 bits per heavy atom. The van der Waals surface area contributed by atoms with Crippen molar-refractivity contribution in [2.45, 2.75) is 31.2 Å². The number of rotatable bonds is 6. The molecule has 1 heterocycles. The summed E-state index contributed by atoms with van der Waals surface area (Å²) in [6, 6.07) is 4.80. The lowest BCUT2D eigenvalue weighted by atomic mass is 10.0. The van der Waals surface area contributed by atoms with Crippen molar-refractivity contribution < 1.29 is 18.0 Å². The summed E-state index contributed by atoms with van der Waals surface area (Å²) in [5.74, 6) is -0.0648. The van der Waals surface area contributed by atoms with E-state index in [2.05, 4.69) is 5.32 Å². The van der Waals surface area contributed by atoms with Crippen molar-refractivity contribution in [3.8, 4) is 0 Å². The molecule has 1 aliphatic rings. The van der Waals surface area contributed by atoms with E-state index in [-0.39, 0.29) is 47.9 Å². The Hall–Kier alpha value is -1.84. The molecule has 0 saturated carbocycles. The lowest BCUT2D eigenvalue weighted by Crippen LogP contribution is -2.56. The van der Waals surface area contributed by atoms with Gasteiger partial charge in [0, 0.05) is 26.2 Å². The van der Waals surface area contributed by atoms with Crippen molar-refractivity contribution in [2.24, 2.45) is 11.7 Å². The number of nitrogens with zero attached hydrogens (tertiary/aromatic N) is 2. The second-order valence-electron chi connectivity index (χ2n) is 6.85. The third-order valence-electron chi connectivity index (χ3n) is 4.33. The van der Waals surface area contributed by atoms with Gasteiger partial charge < -0.3 is 16.0 Å². The highest BCUT2D eigenvalue weighted by Gasteiger charge is 2.33. The van der Waals surface area contributed by atoms with Crippen molar-refractivity contribution in [3.63, 3.8) is 0 Å². The zero-order valence-corrected chi connectivity index (χ0v) is 17.0. The van der Waals surface area contributed by atoms with Crippen LogP contribution in [0.1, 0.15) is 20.3 Å². The van der Waals surface area contributed by atoms with E-state index in [9.17, 15) is 18.0 Å². The molecule has 0 aromatic heterocycles. The van der Waals surface area contributed by atoms with Gasteiger partial charge in [-0.15, -0.1) is 0 Å². The lowest BCUT2D eigenvalue weighted by Gasteiger charge is -2.36. The quantitative estimate of drug-likeness (QED) is 0.726. The minimum Gasteiger partial charge on any atom is -0.352 e. The predicted octanol–water partition coefficient (Wildman–Crippen LogP) is 1.26. The molecule has 3 N–H and O–H groups in total. The van der Waals surface area contributed by atoms with E-state index in [4.69, 9.17) is 17.3 Å². The molecule has 0 spiro atoms. The van der Waals surface area contributed by atoms with Gasteiger partial charge in [-0.2, -0.15) is 4.31 Å². The van der Waals surface area contributed by atoms with E-state index >= 15 is 0 Å². The molecule has 0 bridgehead atoms. The fraction of sp³-hybridized carbons (Fsp3) is 0.529. The summed E-state index contributed by atoms with van der Waals surface area (Å²) in [5, 5.41) is 2.65. The molecule has 0 aliphatic carbocycles. The number of halogens is 1. The molecule has 27 heavy (non-hydrogen) atoms. The topological polar surface area (TPSA) is 113 Å². The van der Waals surface area contributed by atoms with Gasteiger partial charge in [-0.3, -0.25) is 4.79 Å². The average molecular weight is 417 g/mol. The number of amides is 3. The average Bonchev–Trinajstić information content (AvgIpc) is 2.60. The molecule has 150 valence electrons. The summed E-state index contributed by atoms with van der Waals surface area (Å²) in [6.07, 6.45) is 0.458. The maximum atomic E-state index is 12.8. The second kappa shape index (κ2) is 8.90. The number of primary amides is 1. The van der Waals surface area contributed by atoms with Gasteiger partial charge in [0.25, 0.3) is 0 Å². The molecule has 3 amide bonds. The minimum absolute atomic E-state index is 0.0551. The van der Waals surface area contributed by atoms with E-state index in [0.717, 1.165) is 0 Å². The highest BCUT2D eigenvalue weighted by molar-refractivity contribution is 7.89. The highest BCUT2D eigenvalue weighted by atomic mass is 35.5. The Morgan fingerprint density at radius 2 is 1.78 bits per heavy atom. The van der Waals surface area contributed by atoms with Crippen LogP contribution in [0, 0.1) is 5.92 Å². The number of hydrogen-bond acceptors (Lipinski definition) is 4. The predicted molar refractivity (Wildman–Crippen MR) is 103 cm³/mol. The summed E-state index contributed by atoms with van der Waals surface area (Å²) in [4.78, 5) is 25.5. The highest BCUT2D eigenvalue weighted by Crippen LogP contribution is 2.25. The number of benzene rings is 1. The molecule has 1 fully saturated rings. The maximum absolute atomic E-state index is 12.8. The van der Waals surface area contributed by atoms with E-state index in [1.54, 1.807) is 17.0 Å². The Bertz CT molecular complexity index is 792. The molecule has 1 aromatic carbocycles. The Labute approximate surface area is 164 Å². The zero-order valence-electron chi connectivity index (χ0n) is 15.4. The number of carbonyl (C=O) groups is 2. The number of piperazine rings is 1. The van der Waals surface area contributed by atoms with Gasteiger partial charge in [0.2, 0.25) is 15.9 Å². The van der Waals surface area contributed by atoms with Gasteiger partial charge in [-0.25, -0.2) is 13.2 Å². The van der Waals surface area contributed by atoms with Crippen LogP contribution in [0.5, 0.6) is 0 Å². The van der Waals surface area contributed by atoms with Crippen LogP contribution >= 0.6 is 11.6 Å². The SMILES string of the molecule is CC(C)C[C@@H](NC(N)=O)C(=O)N1CCN(S(=O)(=O)c2ccccc2Cl)CC1. The number of sulfonamides is 1. The minimum atomic E-state index is -3.73. The van der Waals surface area contributed by atoms with Crippen molar-refractivity contribution >= 4 is 33.6 Å². The third-order valence-corrected chi connectivity index (χ3v) is 6.72. The van der Waals surface area contributed by atoms with Gasteiger partial charge in [0.05, 0.1) is 5.02 Å². The summed E-state index contributed by atoms with van der Waals surface area (Å²) in [6.45, 7) is 4.66. The van der Waals surface area contributed by atoms with Gasteiger partial charge in [-0.05, 0) is 24.5 Å². The van der Waals surface area contributed by atoms with Crippen LogP contribution in [-0.2, 0) is 14.8 Å². The largest absolute Gasteiger partial charge is 0.352 e. The molecule has 10 heteroatoms. The van der Waals surface area contributed by atoms with E-state index in [1.165, 1.54) is 16.4 Å². The fourth-order valence-electron chi connectivity index (χ4n) is 3.03. The first-order valence-corrected chi connectivity index (χ1v) is 10.5. The molecule has 1 aliphatic heterocycles. The van der Waals surface area contributed by atoms with Crippen molar-refractivity contribution in [1.29, 1.82) is 0 Å². The van der Waals surface area contributed by atoms with E-state index in [0.29, 0.717) is 6.42 Å². The molecule has 8 nitrogen and oxygen atoms in total. The normalized spacial score (nSPS) is 17.0. The van der Waals surface area contributed by atoms with Gasteiger partial charge in [0.1, 0.15) is 10.9 Å². The number of carbonyl (C=O) groups excluding carboxylic acids is 2. The maximum Gasteiger partial charge on any atom is 0.312 e. The van der Waals surface area contributed by atoms with Crippen molar-refractivity contribution in [3.05, 3.63) is 29.3 Å². The summed E-state index contributed by atoms with van der Waals surface area (Å²) >= 11 is 6.02. The molecule has 1 atom stereocenters. The third kappa shape index (κ3) is 5.33. The first kappa shape index (κ1) is 21.5. The Balaban J connectivity index is 2.06. The standard InChI is InChI=1S/C17H25ClN4O4S/c1-12(2)11-14(20-17(19)24)16(23)21-7-9-22(10-8-21)27(25,26)15-6-4-3-5-13(15)18/h3-6,12,14H,7-11H2,1-2H3,(H3,19,20,24)/t14-/m1/s1. The molecule has 0 radical (unpaired) electrons. The summed E-state index contributed by atoms with van der Waals surface area (Å²) in [5.41, 5.74) is 5.17. The molecule has 0 unspecified atom stereocenters. The molecular formula is C17H25ClN4O4S. The van der Waals surface area contributed by atoms with Crippen LogP contribution in [-0.4, -0.2) is 61.8 Å². The second-order valence-corrected chi connectivity index (χ2v) is 9.16. The van der Waals surface area contributed by atoms with E-state index < -0.39 is 22.1 Å². The molecular weight excluding hydrogens is 392 g/mol. The molecule has 1 saturated heterocycles. The Morgan fingerprint density at radius 1 is 1.19 bits per heavy atom. The van der Waals surface area contributed by atoms with Crippen molar-refractivity contribution in [2.75, 3.05) is 26.2 Å². The van der Waals surface area contributed by atoms with Crippen LogP contribution in [0.15, 0.2) is 29.2 Å². The smallest absolute Gasteiger partial charge is 0.312 e. The monoisotopic (exact) mass is 416 g/mol. The summed E-state index contributed by atoms with van der Waals surface area (Å²) in [7, 11) is -3.73. The first-order chi connectivity index (χ1) is 12.6. The summed E-state index contributed by atoms with van der Waals surface area (Å²) < 4.78 is 26.9. The van der Waals surface area contributed by atoms with Gasteiger partial charge in [-0.1, -0.05) is 37.6 Å². The van der Waals surface area contributed by atoms with Crippen LogP contribution < -0.4 is 11.1 Å². The van der Waals surface area contributed by atoms with Crippen LogP contribution in [0.2, 0.25) is 5.02 Å². The van der Waals surface area contributed by atoms with Crippen LogP contribution in [0.3, 0.4) is 0 Å². The van der Waals surface area contributed by atoms with Crippen LogP contribution in [0.25, 0.3) is 0 Å². The fourth-order valence-corrected chi connectivity index (χ4v) is 4.94.